The molecule has 0 bridgehead atoms. The Morgan fingerprint density at radius 3 is 2.50 bits per heavy atom. The van der Waals surface area contributed by atoms with E-state index in [9.17, 15) is 23.1 Å². The highest BCUT2D eigenvalue weighted by molar-refractivity contribution is 7.88. The summed E-state index contributed by atoms with van der Waals surface area (Å²) in [7, 11) is 4.50. The lowest BCUT2D eigenvalue weighted by Crippen LogP contribution is -2.45. The first-order valence-electron chi connectivity index (χ1n) is 14.7. The average molecular weight is 614 g/mol. The molecule has 0 saturated carbocycles. The van der Waals surface area contributed by atoms with Crippen LogP contribution in [0.4, 0.5) is 0 Å². The van der Waals surface area contributed by atoms with Crippen molar-refractivity contribution in [1.29, 1.82) is 0 Å². The van der Waals surface area contributed by atoms with Gasteiger partial charge in [0.1, 0.15) is 0 Å². The van der Waals surface area contributed by atoms with E-state index in [1.54, 1.807) is 12.1 Å². The van der Waals surface area contributed by atoms with Crippen LogP contribution in [0, 0.1) is 5.92 Å². The maximum absolute atomic E-state index is 13.7. The molecule has 1 aromatic carbocycles. The van der Waals surface area contributed by atoms with Crippen LogP contribution in [0.5, 0.6) is 17.2 Å². The van der Waals surface area contributed by atoms with Gasteiger partial charge in [0.15, 0.2) is 11.5 Å². The molecule has 3 atom stereocenters. The number of methoxy groups -OCH3 is 1. The third kappa shape index (κ3) is 9.45. The van der Waals surface area contributed by atoms with Crippen molar-refractivity contribution in [3.8, 4) is 17.2 Å². The van der Waals surface area contributed by atoms with Crippen LogP contribution >= 0.6 is 0 Å². The molecule has 1 amide bonds. The predicted octanol–water partition coefficient (Wildman–Crippen LogP) is 1.95. The van der Waals surface area contributed by atoms with Crippen molar-refractivity contribution in [1.82, 2.24) is 14.5 Å². The van der Waals surface area contributed by atoms with Gasteiger partial charge in [-0.25, -0.2) is 13.1 Å². The molecule has 3 unspecified atom stereocenters. The van der Waals surface area contributed by atoms with Crippen molar-refractivity contribution < 1.29 is 41.8 Å². The summed E-state index contributed by atoms with van der Waals surface area (Å²) in [4.78, 5) is 30.3. The standard InChI is InChI=1S/C29H48N4O8S/c1-7-8-13-31(14-9-10-15-33(2,3)4)26(34)19-32-18-22(21-16-24(39-5)28-25(17-21)40-20-41-28)27(29(35)36)23(32)11-12-30-42(6,37)38/h16-17,22-23,27,30H,7-15,18-20H2,1-6H3/p+1. The van der Waals surface area contributed by atoms with Gasteiger partial charge in [-0.15, -0.1) is 0 Å². The number of carbonyl (C=O) groups excluding carboxylic acids is 1. The first-order valence-corrected chi connectivity index (χ1v) is 16.6. The molecule has 2 N–H and O–H groups in total. The summed E-state index contributed by atoms with van der Waals surface area (Å²) in [5.41, 5.74) is 0.711. The minimum absolute atomic E-state index is 0.0390. The first-order chi connectivity index (χ1) is 19.7. The molecule has 2 heterocycles. The Labute approximate surface area is 250 Å². The number of unbranched alkanes of at least 4 members (excludes halogenated alkanes) is 2. The van der Waals surface area contributed by atoms with Crippen LogP contribution in [0.2, 0.25) is 0 Å². The number of amides is 1. The maximum atomic E-state index is 13.7. The van der Waals surface area contributed by atoms with E-state index >= 15 is 0 Å². The molecule has 42 heavy (non-hydrogen) atoms. The van der Waals surface area contributed by atoms with E-state index in [0.29, 0.717) is 42.4 Å². The van der Waals surface area contributed by atoms with Crippen LogP contribution in [0.25, 0.3) is 0 Å². The summed E-state index contributed by atoms with van der Waals surface area (Å²) >= 11 is 0. The highest BCUT2D eigenvalue weighted by atomic mass is 32.2. The van der Waals surface area contributed by atoms with Crippen LogP contribution in [-0.4, -0.2) is 126 Å². The number of carboxylic acids is 1. The van der Waals surface area contributed by atoms with Crippen LogP contribution < -0.4 is 18.9 Å². The fourth-order valence-electron chi connectivity index (χ4n) is 5.82. The highest BCUT2D eigenvalue weighted by Crippen LogP contribution is 2.47. The summed E-state index contributed by atoms with van der Waals surface area (Å²) in [5, 5.41) is 10.4. The Balaban J connectivity index is 1.86. The molecule has 13 heteroatoms. The molecule has 1 fully saturated rings. The number of quaternary nitrogens is 1. The second kappa shape index (κ2) is 14.7. The fraction of sp³-hybridized carbons (Fsp3) is 0.724. The first kappa shape index (κ1) is 33.9. The zero-order valence-electron chi connectivity index (χ0n) is 25.9. The Bertz CT molecular complexity index is 1190. The zero-order valence-corrected chi connectivity index (χ0v) is 26.7. The van der Waals surface area contributed by atoms with E-state index in [4.69, 9.17) is 14.2 Å². The number of nitrogens with one attached hydrogen (secondary N) is 1. The lowest BCUT2D eigenvalue weighted by molar-refractivity contribution is -0.870. The number of benzene rings is 1. The van der Waals surface area contributed by atoms with E-state index in [0.717, 1.165) is 43.0 Å². The Morgan fingerprint density at radius 1 is 1.17 bits per heavy atom. The Kier molecular flexibility index (Phi) is 11.9. The number of ether oxygens (including phenoxy) is 3. The highest BCUT2D eigenvalue weighted by Gasteiger charge is 2.47. The molecule has 0 radical (unpaired) electrons. The molecule has 2 aliphatic rings. The molecule has 1 aromatic rings. The third-order valence-electron chi connectivity index (χ3n) is 7.93. The molecule has 3 rings (SSSR count). The summed E-state index contributed by atoms with van der Waals surface area (Å²) in [6, 6.07) is 2.99. The summed E-state index contributed by atoms with van der Waals surface area (Å²) in [6.07, 6.45) is 5.06. The van der Waals surface area contributed by atoms with Gasteiger partial charge in [0, 0.05) is 38.1 Å². The molecule has 238 valence electrons. The number of likely N-dealkylation sites (tertiary alicyclic amines) is 1. The SMILES string of the molecule is CCCCN(CCCC[N+](C)(C)C)C(=O)CN1CC(c2cc(OC)c3c(c2)OCO3)C(C(=O)O)C1CCNS(C)(=O)=O. The van der Waals surface area contributed by atoms with Crippen molar-refractivity contribution >= 4 is 21.9 Å². The lowest BCUT2D eigenvalue weighted by Gasteiger charge is -2.30. The number of carboxylic acid groups (broad SMARTS) is 1. The molecule has 1 saturated heterocycles. The smallest absolute Gasteiger partial charge is 0.308 e. The topological polar surface area (TPSA) is 135 Å². The number of sulfonamides is 1. The molecular formula is C29H49N4O8S+. The minimum atomic E-state index is -3.46. The molecular weight excluding hydrogens is 564 g/mol. The monoisotopic (exact) mass is 613 g/mol. The number of hydrogen-bond donors (Lipinski definition) is 2. The van der Waals surface area contributed by atoms with Crippen LogP contribution in [-0.2, 0) is 19.6 Å². The number of fused-ring (bicyclic) bond motifs is 1. The molecule has 12 nitrogen and oxygen atoms in total. The van der Waals surface area contributed by atoms with Gasteiger partial charge in [-0.3, -0.25) is 14.5 Å². The Hall–Kier alpha value is -2.61. The summed E-state index contributed by atoms with van der Waals surface area (Å²) < 4.78 is 43.5. The third-order valence-corrected chi connectivity index (χ3v) is 8.65. The predicted molar refractivity (Wildman–Crippen MR) is 159 cm³/mol. The van der Waals surface area contributed by atoms with Gasteiger partial charge < -0.3 is 28.7 Å². The molecule has 0 aliphatic carbocycles. The van der Waals surface area contributed by atoms with Crippen molar-refractivity contribution in [3.05, 3.63) is 17.7 Å². The number of carbonyl (C=O) groups is 2. The molecule has 0 spiro atoms. The van der Waals surface area contributed by atoms with Crippen molar-refractivity contribution in [3.63, 3.8) is 0 Å². The number of rotatable bonds is 17. The zero-order chi connectivity index (χ0) is 31.1. The van der Waals surface area contributed by atoms with E-state index < -0.39 is 33.9 Å². The fourth-order valence-corrected chi connectivity index (χ4v) is 6.31. The van der Waals surface area contributed by atoms with Gasteiger partial charge in [-0.1, -0.05) is 13.3 Å². The minimum Gasteiger partial charge on any atom is -0.493 e. The van der Waals surface area contributed by atoms with E-state index in [-0.39, 0.29) is 32.2 Å². The van der Waals surface area contributed by atoms with Gasteiger partial charge >= 0.3 is 5.97 Å². The van der Waals surface area contributed by atoms with Gasteiger partial charge in [-0.2, -0.15) is 0 Å². The van der Waals surface area contributed by atoms with Crippen molar-refractivity contribution in [2.24, 2.45) is 5.92 Å². The lowest BCUT2D eigenvalue weighted by atomic mass is 9.84. The normalized spacial score (nSPS) is 20.6. The summed E-state index contributed by atoms with van der Waals surface area (Å²) in [5.74, 6) is -0.981. The van der Waals surface area contributed by atoms with Gasteiger partial charge in [-0.05, 0) is 43.4 Å². The van der Waals surface area contributed by atoms with Crippen molar-refractivity contribution in [2.75, 3.05) is 80.6 Å². The van der Waals surface area contributed by atoms with Crippen LogP contribution in [0.3, 0.4) is 0 Å². The molecule has 2 aliphatic heterocycles. The largest absolute Gasteiger partial charge is 0.493 e. The van der Waals surface area contributed by atoms with E-state index in [1.165, 1.54) is 7.11 Å². The second-order valence-corrected chi connectivity index (χ2v) is 14.2. The van der Waals surface area contributed by atoms with Crippen molar-refractivity contribution in [2.45, 2.75) is 51.0 Å². The summed E-state index contributed by atoms with van der Waals surface area (Å²) in [6.45, 7) is 4.90. The van der Waals surface area contributed by atoms with Gasteiger partial charge in [0.25, 0.3) is 0 Å². The number of aliphatic carboxylic acids is 1. The molecule has 0 aromatic heterocycles. The van der Waals surface area contributed by atoms with E-state index in [1.807, 2.05) is 9.80 Å². The van der Waals surface area contributed by atoms with Gasteiger partial charge in [0.05, 0.1) is 53.5 Å². The van der Waals surface area contributed by atoms with E-state index in [2.05, 4.69) is 32.8 Å². The number of hydrogen-bond acceptors (Lipinski definition) is 8. The van der Waals surface area contributed by atoms with Gasteiger partial charge in [0.2, 0.25) is 28.5 Å². The average Bonchev–Trinajstić information content (AvgIpc) is 3.51. The Morgan fingerprint density at radius 2 is 1.88 bits per heavy atom. The number of nitrogens with zero attached hydrogens (tertiary/aromatic N) is 3. The second-order valence-electron chi connectivity index (χ2n) is 12.3. The quantitative estimate of drug-likeness (QED) is 0.200. The van der Waals surface area contributed by atoms with Crippen LogP contribution in [0.15, 0.2) is 12.1 Å². The maximum Gasteiger partial charge on any atom is 0.308 e. The van der Waals surface area contributed by atoms with Crippen LogP contribution in [0.1, 0.15) is 50.5 Å².